The van der Waals surface area contributed by atoms with Gasteiger partial charge >= 0.3 is 0 Å². The van der Waals surface area contributed by atoms with Crippen molar-refractivity contribution >= 4 is 22.6 Å². The summed E-state index contributed by atoms with van der Waals surface area (Å²) < 4.78 is 0. The summed E-state index contributed by atoms with van der Waals surface area (Å²) in [6.07, 6.45) is 10.0. The minimum absolute atomic E-state index is 0.197. The maximum absolute atomic E-state index is 5.22. The molecule has 2 aromatic heterocycles. The van der Waals surface area contributed by atoms with Crippen molar-refractivity contribution < 1.29 is 0 Å². The summed E-state index contributed by atoms with van der Waals surface area (Å²) in [5, 5.41) is 0. The molecule has 2 aliphatic rings. The Hall–Kier alpha value is -6.58. The zero-order valence-corrected chi connectivity index (χ0v) is 30.7. The number of benzene rings is 5. The standard InChI is InChI=1S/C51H41N3/c1-4-5-7-16-35-27-28-36-33-37(29-31-41(36)42-20-11-10-19-40(35)42)45-22-14-24-47(52-45)48-25-15-23-46(53-48)38-30-32-50-44(34-38)51(2,3)43-21-12-13-26-49(43)54(50)39-17-8-6-9-18-39/h4-26,29-34H,1,27-28H2,2-3H3/b7-5-,35-16+. The van der Waals surface area contributed by atoms with Crippen molar-refractivity contribution in [1.82, 2.24) is 9.97 Å². The van der Waals surface area contributed by atoms with Crippen molar-refractivity contribution in [2.45, 2.75) is 32.1 Å². The molecular weight excluding hydrogens is 655 g/mol. The molecule has 0 unspecified atom stereocenters. The quantitative estimate of drug-likeness (QED) is 0.162. The average molecular weight is 696 g/mol. The van der Waals surface area contributed by atoms with Crippen LogP contribution in [-0.4, -0.2) is 9.97 Å². The monoisotopic (exact) mass is 695 g/mol. The Labute approximate surface area is 318 Å². The molecule has 0 N–H and O–H groups in total. The van der Waals surface area contributed by atoms with Crippen LogP contribution in [0.5, 0.6) is 0 Å². The molecule has 0 saturated heterocycles. The number of hydrogen-bond acceptors (Lipinski definition) is 3. The molecule has 5 aromatic carbocycles. The van der Waals surface area contributed by atoms with E-state index >= 15 is 0 Å². The fourth-order valence-electron chi connectivity index (χ4n) is 8.24. The summed E-state index contributed by atoms with van der Waals surface area (Å²) in [5.74, 6) is 0. The van der Waals surface area contributed by atoms with Crippen LogP contribution in [0.15, 0.2) is 183 Å². The number of fused-ring (bicyclic) bond motifs is 5. The number of anilines is 3. The summed E-state index contributed by atoms with van der Waals surface area (Å²) in [5.41, 5.74) is 18.3. The van der Waals surface area contributed by atoms with Gasteiger partial charge < -0.3 is 4.90 Å². The Balaban J connectivity index is 1.06. The van der Waals surface area contributed by atoms with Crippen LogP contribution >= 0.6 is 0 Å². The van der Waals surface area contributed by atoms with E-state index in [0.717, 1.165) is 52.4 Å². The molecule has 1 aliphatic carbocycles. The van der Waals surface area contributed by atoms with Crippen molar-refractivity contribution in [3.63, 3.8) is 0 Å². The van der Waals surface area contributed by atoms with Crippen LogP contribution in [0.1, 0.15) is 42.5 Å². The van der Waals surface area contributed by atoms with E-state index in [-0.39, 0.29) is 5.41 Å². The molecule has 7 aromatic rings. The highest BCUT2D eigenvalue weighted by Crippen LogP contribution is 2.52. The van der Waals surface area contributed by atoms with E-state index in [2.05, 4.69) is 189 Å². The number of para-hydroxylation sites is 2. The molecule has 3 nitrogen and oxygen atoms in total. The van der Waals surface area contributed by atoms with Gasteiger partial charge in [-0.05, 0) is 112 Å². The van der Waals surface area contributed by atoms with E-state index in [4.69, 9.17) is 9.97 Å². The molecule has 3 heteroatoms. The minimum Gasteiger partial charge on any atom is -0.310 e. The number of nitrogens with zero attached hydrogens (tertiary/aromatic N) is 3. The smallest absolute Gasteiger partial charge is 0.0893 e. The first-order valence-electron chi connectivity index (χ1n) is 18.7. The Morgan fingerprint density at radius 1 is 0.537 bits per heavy atom. The van der Waals surface area contributed by atoms with Gasteiger partial charge in [-0.2, -0.15) is 0 Å². The van der Waals surface area contributed by atoms with Gasteiger partial charge in [0.05, 0.1) is 34.2 Å². The molecule has 0 bridgehead atoms. The van der Waals surface area contributed by atoms with Gasteiger partial charge in [-0.15, -0.1) is 0 Å². The molecule has 54 heavy (non-hydrogen) atoms. The predicted molar refractivity (Wildman–Crippen MR) is 226 cm³/mol. The summed E-state index contributed by atoms with van der Waals surface area (Å²) >= 11 is 0. The third-order valence-electron chi connectivity index (χ3n) is 11.0. The molecule has 0 spiro atoms. The van der Waals surface area contributed by atoms with E-state index in [0.29, 0.717) is 0 Å². The van der Waals surface area contributed by atoms with Gasteiger partial charge in [0, 0.05) is 22.2 Å². The van der Waals surface area contributed by atoms with Gasteiger partial charge in [-0.3, -0.25) is 0 Å². The zero-order valence-electron chi connectivity index (χ0n) is 30.7. The van der Waals surface area contributed by atoms with Gasteiger partial charge in [-0.25, -0.2) is 9.97 Å². The lowest BCUT2D eigenvalue weighted by Gasteiger charge is -2.42. The van der Waals surface area contributed by atoms with E-state index in [1.807, 2.05) is 12.2 Å². The molecule has 0 radical (unpaired) electrons. The lowest BCUT2D eigenvalue weighted by Crippen LogP contribution is -2.30. The first kappa shape index (κ1) is 33.3. The molecule has 0 saturated carbocycles. The summed E-state index contributed by atoms with van der Waals surface area (Å²) in [4.78, 5) is 12.8. The van der Waals surface area contributed by atoms with Crippen LogP contribution in [0.2, 0.25) is 0 Å². The Morgan fingerprint density at radius 3 is 1.93 bits per heavy atom. The first-order valence-corrected chi connectivity index (χ1v) is 18.7. The van der Waals surface area contributed by atoms with Crippen LogP contribution in [0.4, 0.5) is 17.1 Å². The van der Waals surface area contributed by atoms with Gasteiger partial charge in [0.2, 0.25) is 0 Å². The fraction of sp³-hybridized carbons (Fsp3) is 0.0980. The Bertz CT molecular complexity index is 2610. The van der Waals surface area contributed by atoms with Crippen LogP contribution in [-0.2, 0) is 11.8 Å². The third-order valence-corrected chi connectivity index (χ3v) is 11.0. The van der Waals surface area contributed by atoms with Crippen molar-refractivity contribution in [3.8, 4) is 45.0 Å². The van der Waals surface area contributed by atoms with Crippen LogP contribution < -0.4 is 4.90 Å². The normalized spacial score (nSPS) is 14.9. The highest BCUT2D eigenvalue weighted by atomic mass is 15.2. The number of aromatic nitrogens is 2. The molecule has 0 fully saturated rings. The van der Waals surface area contributed by atoms with Crippen molar-refractivity contribution in [1.29, 1.82) is 0 Å². The van der Waals surface area contributed by atoms with Gasteiger partial charge in [0.25, 0.3) is 0 Å². The maximum atomic E-state index is 5.22. The third kappa shape index (κ3) is 5.88. The van der Waals surface area contributed by atoms with Crippen molar-refractivity contribution in [3.05, 3.63) is 205 Å². The summed E-state index contributed by atoms with van der Waals surface area (Å²) in [7, 11) is 0. The van der Waals surface area contributed by atoms with Crippen LogP contribution in [0.25, 0.3) is 50.6 Å². The van der Waals surface area contributed by atoms with Gasteiger partial charge in [0.1, 0.15) is 0 Å². The molecule has 0 atom stereocenters. The number of rotatable bonds is 6. The lowest BCUT2D eigenvalue weighted by molar-refractivity contribution is 0.632. The fourth-order valence-corrected chi connectivity index (χ4v) is 8.24. The second kappa shape index (κ2) is 13.8. The van der Waals surface area contributed by atoms with Crippen molar-refractivity contribution in [2.75, 3.05) is 4.90 Å². The van der Waals surface area contributed by atoms with Gasteiger partial charge in [0.15, 0.2) is 0 Å². The first-order chi connectivity index (χ1) is 26.5. The predicted octanol–water partition coefficient (Wildman–Crippen LogP) is 13.3. The van der Waals surface area contributed by atoms with Crippen LogP contribution in [0, 0.1) is 0 Å². The molecule has 9 rings (SSSR count). The molecule has 3 heterocycles. The van der Waals surface area contributed by atoms with E-state index in [1.165, 1.54) is 50.3 Å². The van der Waals surface area contributed by atoms with E-state index < -0.39 is 0 Å². The average Bonchev–Trinajstić information content (AvgIpc) is 3.38. The second-order valence-electron chi connectivity index (χ2n) is 14.6. The van der Waals surface area contributed by atoms with E-state index in [1.54, 1.807) is 0 Å². The lowest BCUT2D eigenvalue weighted by atomic mass is 9.73. The zero-order chi connectivity index (χ0) is 36.6. The topological polar surface area (TPSA) is 29.0 Å². The molecule has 260 valence electrons. The highest BCUT2D eigenvalue weighted by Gasteiger charge is 2.37. The summed E-state index contributed by atoms with van der Waals surface area (Å²) in [6.45, 7) is 8.49. The SMILES string of the molecule is C=C/C=C\C=C1/CCc2cc(-c3cccc(-c4cccc(-c5ccc6c(c5)C(C)(C)c5ccccc5N6c5ccccc5)n4)n3)ccc2-c2ccccc21. The number of pyridine rings is 2. The summed E-state index contributed by atoms with van der Waals surface area (Å²) in [6, 6.07) is 54.3. The number of allylic oxidation sites excluding steroid dienone is 5. The Morgan fingerprint density at radius 2 is 1.17 bits per heavy atom. The number of hydrogen-bond donors (Lipinski definition) is 0. The van der Waals surface area contributed by atoms with E-state index in [9.17, 15) is 0 Å². The second-order valence-corrected chi connectivity index (χ2v) is 14.6. The minimum atomic E-state index is -0.197. The van der Waals surface area contributed by atoms with Crippen molar-refractivity contribution in [2.24, 2.45) is 0 Å². The molecular formula is C51H41N3. The van der Waals surface area contributed by atoms with Crippen LogP contribution in [0.3, 0.4) is 0 Å². The maximum Gasteiger partial charge on any atom is 0.0893 e. The molecule has 0 amide bonds. The Kier molecular flexibility index (Phi) is 8.48. The largest absolute Gasteiger partial charge is 0.310 e. The van der Waals surface area contributed by atoms with Gasteiger partial charge in [-0.1, -0.05) is 136 Å². The molecule has 1 aliphatic heterocycles. The number of aryl methyl sites for hydroxylation is 1. The highest BCUT2D eigenvalue weighted by molar-refractivity contribution is 5.88.